The van der Waals surface area contributed by atoms with E-state index in [0.29, 0.717) is 5.69 Å². The second-order valence-corrected chi connectivity index (χ2v) is 5.41. The van der Waals surface area contributed by atoms with Crippen molar-refractivity contribution in [2.75, 3.05) is 12.4 Å². The number of hydrogen-bond acceptors (Lipinski definition) is 4. The number of amides is 2. The zero-order chi connectivity index (χ0) is 17.5. The van der Waals surface area contributed by atoms with Gasteiger partial charge in [0.05, 0.1) is 7.11 Å². The number of nitrogens with one attached hydrogen (secondary N) is 2. The van der Waals surface area contributed by atoms with Crippen LogP contribution in [0, 0.1) is 6.92 Å². The number of phenols is 1. The second-order valence-electron chi connectivity index (χ2n) is 5.41. The highest BCUT2D eigenvalue weighted by Crippen LogP contribution is 2.13. The number of anilines is 1. The topological polar surface area (TPSA) is 87.7 Å². The molecule has 0 fully saturated rings. The van der Waals surface area contributed by atoms with Crippen molar-refractivity contribution < 1.29 is 19.4 Å². The van der Waals surface area contributed by atoms with Crippen molar-refractivity contribution in [2.24, 2.45) is 0 Å². The quantitative estimate of drug-likeness (QED) is 0.736. The fraction of sp³-hybridized carbons (Fsp3) is 0.222. The summed E-state index contributed by atoms with van der Waals surface area (Å²) < 4.78 is 4.75. The van der Waals surface area contributed by atoms with Crippen molar-refractivity contribution in [3.8, 4) is 5.75 Å². The van der Waals surface area contributed by atoms with E-state index in [1.807, 2.05) is 25.1 Å². The minimum absolute atomic E-state index is 0.138. The Labute approximate surface area is 140 Å². The first kappa shape index (κ1) is 17.3. The van der Waals surface area contributed by atoms with Crippen LogP contribution in [0.2, 0.25) is 0 Å². The number of urea groups is 1. The molecule has 3 N–H and O–H groups in total. The summed E-state index contributed by atoms with van der Waals surface area (Å²) in [5.41, 5.74) is 2.45. The highest BCUT2D eigenvalue weighted by Gasteiger charge is 2.22. The van der Waals surface area contributed by atoms with Gasteiger partial charge >= 0.3 is 12.0 Å². The lowest BCUT2D eigenvalue weighted by Gasteiger charge is -2.17. The number of carbonyl (C=O) groups excluding carboxylic acids is 2. The van der Waals surface area contributed by atoms with E-state index in [9.17, 15) is 14.7 Å². The molecule has 2 aromatic rings. The van der Waals surface area contributed by atoms with Crippen molar-refractivity contribution >= 4 is 17.7 Å². The molecule has 0 saturated heterocycles. The van der Waals surface area contributed by atoms with Crippen LogP contribution in [0.25, 0.3) is 0 Å². The van der Waals surface area contributed by atoms with Crippen LogP contribution in [-0.4, -0.2) is 30.3 Å². The molecule has 126 valence electrons. The molecule has 0 aromatic heterocycles. The summed E-state index contributed by atoms with van der Waals surface area (Å²) in [6.07, 6.45) is 0.258. The van der Waals surface area contributed by atoms with E-state index in [2.05, 4.69) is 10.6 Å². The third-order valence-corrected chi connectivity index (χ3v) is 3.44. The number of esters is 1. The molecule has 0 saturated carbocycles. The van der Waals surface area contributed by atoms with Crippen molar-refractivity contribution in [2.45, 2.75) is 19.4 Å². The van der Waals surface area contributed by atoms with Gasteiger partial charge in [0.1, 0.15) is 11.8 Å². The molecular weight excluding hydrogens is 308 g/mol. The summed E-state index contributed by atoms with van der Waals surface area (Å²) in [6, 6.07) is 12.4. The minimum atomic E-state index is -0.829. The number of phenolic OH excluding ortho intramolecular Hbond substituents is 1. The van der Waals surface area contributed by atoms with Crippen molar-refractivity contribution in [3.05, 3.63) is 59.7 Å². The van der Waals surface area contributed by atoms with Gasteiger partial charge in [0, 0.05) is 12.1 Å². The number of carbonyl (C=O) groups is 2. The summed E-state index contributed by atoms with van der Waals surface area (Å²) in [4.78, 5) is 24.0. The number of hydrogen-bond donors (Lipinski definition) is 3. The van der Waals surface area contributed by atoms with Crippen molar-refractivity contribution in [3.63, 3.8) is 0 Å². The highest BCUT2D eigenvalue weighted by molar-refractivity contribution is 5.92. The van der Waals surface area contributed by atoms with Crippen LogP contribution >= 0.6 is 0 Å². The molecule has 2 aromatic carbocycles. The first-order valence-corrected chi connectivity index (χ1v) is 7.48. The first-order chi connectivity index (χ1) is 11.5. The average Bonchev–Trinajstić information content (AvgIpc) is 2.55. The van der Waals surface area contributed by atoms with E-state index < -0.39 is 18.0 Å². The van der Waals surface area contributed by atoms with Gasteiger partial charge < -0.3 is 20.5 Å². The predicted molar refractivity (Wildman–Crippen MR) is 90.9 cm³/mol. The maximum Gasteiger partial charge on any atom is 0.328 e. The molecule has 0 aliphatic heterocycles. The van der Waals surface area contributed by atoms with Crippen LogP contribution in [0.1, 0.15) is 11.1 Å². The molecule has 6 heteroatoms. The molecule has 0 spiro atoms. The summed E-state index contributed by atoms with van der Waals surface area (Å²) >= 11 is 0. The van der Waals surface area contributed by atoms with Gasteiger partial charge in [0.2, 0.25) is 0 Å². The second kappa shape index (κ2) is 8.01. The lowest BCUT2D eigenvalue weighted by molar-refractivity contribution is -0.142. The SMILES string of the molecule is COC(=O)[C@H](Cc1ccc(O)cc1)NC(=O)Nc1cccc(C)c1. The maximum absolute atomic E-state index is 12.1. The summed E-state index contributed by atoms with van der Waals surface area (Å²) in [5, 5.41) is 14.6. The highest BCUT2D eigenvalue weighted by atomic mass is 16.5. The summed E-state index contributed by atoms with van der Waals surface area (Å²) in [7, 11) is 1.27. The number of methoxy groups -OCH3 is 1. The van der Waals surface area contributed by atoms with Gasteiger partial charge in [-0.1, -0.05) is 24.3 Å². The molecule has 2 amide bonds. The fourth-order valence-corrected chi connectivity index (χ4v) is 2.25. The molecule has 0 bridgehead atoms. The molecule has 0 aliphatic carbocycles. The van der Waals surface area contributed by atoms with Gasteiger partial charge in [-0.3, -0.25) is 0 Å². The molecular formula is C18H20N2O4. The van der Waals surface area contributed by atoms with Gasteiger partial charge in [-0.25, -0.2) is 9.59 Å². The molecule has 0 heterocycles. The lowest BCUT2D eigenvalue weighted by atomic mass is 10.1. The zero-order valence-electron chi connectivity index (χ0n) is 13.6. The van der Waals surface area contributed by atoms with Gasteiger partial charge in [-0.15, -0.1) is 0 Å². The van der Waals surface area contributed by atoms with Gasteiger partial charge in [-0.2, -0.15) is 0 Å². The van der Waals surface area contributed by atoms with Crippen LogP contribution in [0.4, 0.5) is 10.5 Å². The van der Waals surface area contributed by atoms with E-state index in [0.717, 1.165) is 11.1 Å². The van der Waals surface area contributed by atoms with Crippen LogP contribution in [0.3, 0.4) is 0 Å². The summed E-state index contributed by atoms with van der Waals surface area (Å²) in [5.74, 6) is -0.402. The Bertz CT molecular complexity index is 713. The van der Waals surface area contributed by atoms with Crippen LogP contribution in [0.15, 0.2) is 48.5 Å². The molecule has 1 atom stereocenters. The van der Waals surface area contributed by atoms with Gasteiger partial charge in [-0.05, 0) is 42.3 Å². The molecule has 2 rings (SSSR count). The maximum atomic E-state index is 12.1. The third-order valence-electron chi connectivity index (χ3n) is 3.44. The Morgan fingerprint density at radius 2 is 1.88 bits per heavy atom. The van der Waals surface area contributed by atoms with Crippen LogP contribution < -0.4 is 10.6 Å². The van der Waals surface area contributed by atoms with Gasteiger partial charge in [0.15, 0.2) is 0 Å². The first-order valence-electron chi connectivity index (χ1n) is 7.48. The number of aromatic hydroxyl groups is 1. The van der Waals surface area contributed by atoms with E-state index in [1.54, 1.807) is 18.2 Å². The number of aryl methyl sites for hydroxylation is 1. The van der Waals surface area contributed by atoms with Gasteiger partial charge in [0.25, 0.3) is 0 Å². The Balaban J connectivity index is 2.03. The van der Waals surface area contributed by atoms with E-state index in [1.165, 1.54) is 19.2 Å². The van der Waals surface area contributed by atoms with E-state index in [-0.39, 0.29) is 12.2 Å². The van der Waals surface area contributed by atoms with E-state index >= 15 is 0 Å². The lowest BCUT2D eigenvalue weighted by Crippen LogP contribution is -2.45. The number of rotatable bonds is 5. The van der Waals surface area contributed by atoms with E-state index in [4.69, 9.17) is 4.74 Å². The normalized spacial score (nSPS) is 11.4. The Morgan fingerprint density at radius 1 is 1.17 bits per heavy atom. The molecule has 24 heavy (non-hydrogen) atoms. The Hall–Kier alpha value is -3.02. The summed E-state index contributed by atoms with van der Waals surface area (Å²) in [6.45, 7) is 1.92. The van der Waals surface area contributed by atoms with Crippen LogP contribution in [-0.2, 0) is 16.0 Å². The minimum Gasteiger partial charge on any atom is -0.508 e. The van der Waals surface area contributed by atoms with Crippen molar-refractivity contribution in [1.82, 2.24) is 5.32 Å². The molecule has 0 aliphatic rings. The molecule has 0 radical (unpaired) electrons. The standard InChI is InChI=1S/C18H20N2O4/c1-12-4-3-5-14(10-12)19-18(23)20-16(17(22)24-2)11-13-6-8-15(21)9-7-13/h3-10,16,21H,11H2,1-2H3,(H2,19,20,23)/t16-/m0/s1. The predicted octanol–water partition coefficient (Wildman–Crippen LogP) is 2.61. The van der Waals surface area contributed by atoms with Crippen molar-refractivity contribution in [1.29, 1.82) is 0 Å². The van der Waals surface area contributed by atoms with Crippen LogP contribution in [0.5, 0.6) is 5.75 Å². The Kier molecular flexibility index (Phi) is 5.78. The molecule has 6 nitrogen and oxygen atoms in total. The number of benzene rings is 2. The average molecular weight is 328 g/mol. The largest absolute Gasteiger partial charge is 0.508 e. The Morgan fingerprint density at radius 3 is 2.50 bits per heavy atom. The fourth-order valence-electron chi connectivity index (χ4n) is 2.25. The number of ether oxygens (including phenoxy) is 1. The third kappa shape index (κ3) is 5.01. The molecule has 0 unspecified atom stereocenters. The monoisotopic (exact) mass is 328 g/mol. The smallest absolute Gasteiger partial charge is 0.328 e. The zero-order valence-corrected chi connectivity index (χ0v) is 13.6.